The number of carbonyl (C=O) groups is 1. The van der Waals surface area contributed by atoms with Gasteiger partial charge in [0.25, 0.3) is 11.5 Å². The number of likely N-dealkylation sites (tertiary alicyclic amines) is 1. The van der Waals surface area contributed by atoms with Crippen LogP contribution in [0.15, 0.2) is 59.4 Å². The Morgan fingerprint density at radius 2 is 1.88 bits per heavy atom. The Labute approximate surface area is 195 Å². The second-order valence-corrected chi connectivity index (χ2v) is 7.98. The normalized spacial score (nSPS) is 15.2. The van der Waals surface area contributed by atoms with Gasteiger partial charge in [0, 0.05) is 19.0 Å². The minimum atomic E-state index is -0.368. The number of aromatic nitrogens is 4. The standard InChI is InChI=1S/C25H22N6O3/c1-2-6-20(32)30-14-13-16(15-30)22-21-23(24(26)27-28-25(21)33)31(29-22)17-9-11-19(12-10-17)34-18-7-4-3-5-8-18/h3-5,7-12,16H,13-15H2,1H3,(H2,26,27)(H,28,33)/t16-/m1/s1. The average molecular weight is 454 g/mol. The highest BCUT2D eigenvalue weighted by atomic mass is 16.5. The zero-order valence-corrected chi connectivity index (χ0v) is 18.5. The van der Waals surface area contributed by atoms with E-state index in [2.05, 4.69) is 22.0 Å². The van der Waals surface area contributed by atoms with Gasteiger partial charge >= 0.3 is 0 Å². The highest BCUT2D eigenvalue weighted by Gasteiger charge is 2.32. The van der Waals surface area contributed by atoms with Crippen LogP contribution in [0.25, 0.3) is 16.6 Å². The van der Waals surface area contributed by atoms with E-state index in [4.69, 9.17) is 15.6 Å². The highest BCUT2D eigenvalue weighted by Crippen LogP contribution is 2.33. The van der Waals surface area contributed by atoms with Crippen molar-refractivity contribution < 1.29 is 9.53 Å². The molecular formula is C25H22N6O3. The van der Waals surface area contributed by atoms with Crippen molar-refractivity contribution >= 4 is 22.6 Å². The number of amides is 1. The van der Waals surface area contributed by atoms with Gasteiger partial charge < -0.3 is 15.4 Å². The number of H-pyrrole nitrogens is 1. The third kappa shape index (κ3) is 3.86. The van der Waals surface area contributed by atoms with E-state index >= 15 is 0 Å². The van der Waals surface area contributed by atoms with Crippen LogP contribution >= 0.6 is 0 Å². The molecule has 5 rings (SSSR count). The molecule has 34 heavy (non-hydrogen) atoms. The van der Waals surface area contributed by atoms with E-state index in [1.807, 2.05) is 54.6 Å². The molecule has 0 saturated carbocycles. The van der Waals surface area contributed by atoms with Crippen molar-refractivity contribution in [2.45, 2.75) is 19.3 Å². The monoisotopic (exact) mass is 454 g/mol. The number of ether oxygens (including phenoxy) is 1. The number of nitrogens with zero attached hydrogens (tertiary/aromatic N) is 4. The molecule has 1 aliphatic rings. The number of carbonyl (C=O) groups excluding carboxylic acids is 1. The Hall–Kier alpha value is -4.58. The number of benzene rings is 2. The molecule has 9 nitrogen and oxygen atoms in total. The molecule has 0 bridgehead atoms. The summed E-state index contributed by atoms with van der Waals surface area (Å²) in [6.45, 7) is 2.62. The van der Waals surface area contributed by atoms with Crippen LogP contribution in [-0.4, -0.2) is 43.9 Å². The van der Waals surface area contributed by atoms with Crippen molar-refractivity contribution in [2.75, 3.05) is 18.8 Å². The lowest BCUT2D eigenvalue weighted by atomic mass is 10.0. The van der Waals surface area contributed by atoms with Crippen molar-refractivity contribution in [2.24, 2.45) is 0 Å². The number of rotatable bonds is 4. The molecule has 0 aliphatic carbocycles. The van der Waals surface area contributed by atoms with Crippen molar-refractivity contribution in [3.8, 4) is 29.0 Å². The number of fused-ring (bicyclic) bond motifs is 1. The summed E-state index contributed by atoms with van der Waals surface area (Å²) in [5.74, 6) is 6.44. The first-order chi connectivity index (χ1) is 16.5. The Bertz CT molecular complexity index is 1480. The second-order valence-electron chi connectivity index (χ2n) is 7.98. The largest absolute Gasteiger partial charge is 0.457 e. The van der Waals surface area contributed by atoms with Crippen LogP contribution in [0.1, 0.15) is 25.0 Å². The number of anilines is 1. The predicted molar refractivity (Wildman–Crippen MR) is 128 cm³/mol. The molecule has 0 radical (unpaired) electrons. The molecule has 1 fully saturated rings. The summed E-state index contributed by atoms with van der Waals surface area (Å²) in [5.41, 5.74) is 7.54. The van der Waals surface area contributed by atoms with Crippen LogP contribution in [0, 0.1) is 11.8 Å². The van der Waals surface area contributed by atoms with Gasteiger partial charge in [0.1, 0.15) is 17.0 Å². The topological polar surface area (TPSA) is 119 Å². The van der Waals surface area contributed by atoms with E-state index in [1.54, 1.807) is 16.5 Å². The summed E-state index contributed by atoms with van der Waals surface area (Å²) in [4.78, 5) is 26.7. The van der Waals surface area contributed by atoms with Gasteiger partial charge in [-0.05, 0) is 55.7 Å². The van der Waals surface area contributed by atoms with Crippen LogP contribution in [0.3, 0.4) is 0 Å². The minimum Gasteiger partial charge on any atom is -0.457 e. The summed E-state index contributed by atoms with van der Waals surface area (Å²) < 4.78 is 7.50. The molecule has 2 aromatic carbocycles. The van der Waals surface area contributed by atoms with Gasteiger partial charge in [0.2, 0.25) is 0 Å². The predicted octanol–water partition coefficient (Wildman–Crippen LogP) is 2.82. The fourth-order valence-electron chi connectivity index (χ4n) is 4.22. The van der Waals surface area contributed by atoms with E-state index in [1.165, 1.54) is 0 Å². The number of aromatic amines is 1. The summed E-state index contributed by atoms with van der Waals surface area (Å²) in [7, 11) is 0. The molecule has 2 aromatic heterocycles. The van der Waals surface area contributed by atoms with E-state index < -0.39 is 0 Å². The lowest BCUT2D eigenvalue weighted by molar-refractivity contribution is -0.124. The van der Waals surface area contributed by atoms with Gasteiger partial charge in [0.05, 0.1) is 16.8 Å². The molecule has 4 aromatic rings. The van der Waals surface area contributed by atoms with Gasteiger partial charge in [-0.1, -0.05) is 24.1 Å². The third-order valence-electron chi connectivity index (χ3n) is 5.81. The first kappa shape index (κ1) is 21.3. The number of nitrogens with one attached hydrogen (secondary N) is 1. The maximum absolute atomic E-state index is 12.8. The van der Waals surface area contributed by atoms with Crippen LogP contribution in [0.5, 0.6) is 11.5 Å². The van der Waals surface area contributed by atoms with E-state index in [0.717, 1.165) is 5.75 Å². The third-order valence-corrected chi connectivity index (χ3v) is 5.81. The van der Waals surface area contributed by atoms with Crippen molar-refractivity contribution in [1.29, 1.82) is 0 Å². The molecule has 9 heteroatoms. The number of para-hydroxylation sites is 1. The molecule has 0 spiro atoms. The van der Waals surface area contributed by atoms with E-state index in [0.29, 0.717) is 47.5 Å². The second kappa shape index (κ2) is 8.75. The van der Waals surface area contributed by atoms with Crippen LogP contribution in [0.4, 0.5) is 5.82 Å². The van der Waals surface area contributed by atoms with Gasteiger partial charge in [-0.3, -0.25) is 9.59 Å². The highest BCUT2D eigenvalue weighted by molar-refractivity contribution is 5.94. The van der Waals surface area contributed by atoms with Crippen LogP contribution < -0.4 is 16.0 Å². The Morgan fingerprint density at radius 1 is 1.15 bits per heavy atom. The SMILES string of the molecule is CC#CC(=O)N1CC[C@@H](c2nn(-c3ccc(Oc4ccccc4)cc3)c3c(N)n[nH]c(=O)c23)C1. The Kier molecular flexibility index (Phi) is 5.47. The average Bonchev–Trinajstić information content (AvgIpc) is 3.49. The van der Waals surface area contributed by atoms with Crippen molar-refractivity contribution in [1.82, 2.24) is 24.9 Å². The number of nitrogens with two attached hydrogens (primary N) is 1. The van der Waals surface area contributed by atoms with Gasteiger partial charge in [-0.15, -0.1) is 0 Å². The number of hydrogen-bond donors (Lipinski definition) is 2. The molecule has 3 N–H and O–H groups in total. The van der Waals surface area contributed by atoms with Crippen molar-refractivity contribution in [3.63, 3.8) is 0 Å². The lowest BCUT2D eigenvalue weighted by Crippen LogP contribution is -2.27. The summed E-state index contributed by atoms with van der Waals surface area (Å²) in [6.07, 6.45) is 0.675. The number of hydrogen-bond acceptors (Lipinski definition) is 6. The lowest BCUT2D eigenvalue weighted by Gasteiger charge is -2.12. The molecule has 3 heterocycles. The molecule has 1 amide bonds. The van der Waals surface area contributed by atoms with E-state index in [9.17, 15) is 9.59 Å². The zero-order valence-electron chi connectivity index (χ0n) is 18.5. The van der Waals surface area contributed by atoms with Crippen LogP contribution in [-0.2, 0) is 4.79 Å². The maximum Gasteiger partial charge on any atom is 0.298 e. The summed E-state index contributed by atoms with van der Waals surface area (Å²) >= 11 is 0. The summed E-state index contributed by atoms with van der Waals surface area (Å²) in [5, 5.41) is 11.6. The quantitative estimate of drug-likeness (QED) is 0.458. The van der Waals surface area contributed by atoms with Gasteiger partial charge in [-0.25, -0.2) is 9.78 Å². The van der Waals surface area contributed by atoms with Gasteiger partial charge in [0.15, 0.2) is 5.82 Å². The number of nitrogen functional groups attached to an aromatic ring is 1. The maximum atomic E-state index is 12.8. The van der Waals surface area contributed by atoms with E-state index in [-0.39, 0.29) is 23.2 Å². The fourth-order valence-corrected chi connectivity index (χ4v) is 4.22. The molecule has 1 saturated heterocycles. The Balaban J connectivity index is 1.52. The van der Waals surface area contributed by atoms with Crippen LogP contribution in [0.2, 0.25) is 0 Å². The molecule has 1 aliphatic heterocycles. The molecule has 0 unspecified atom stereocenters. The fraction of sp³-hybridized carbons (Fsp3) is 0.200. The molecular weight excluding hydrogens is 432 g/mol. The first-order valence-corrected chi connectivity index (χ1v) is 10.9. The van der Waals surface area contributed by atoms with Crippen molar-refractivity contribution in [3.05, 3.63) is 70.6 Å². The van der Waals surface area contributed by atoms with Gasteiger partial charge in [-0.2, -0.15) is 10.2 Å². The first-order valence-electron chi connectivity index (χ1n) is 10.9. The molecule has 170 valence electrons. The Morgan fingerprint density at radius 3 is 2.62 bits per heavy atom. The smallest absolute Gasteiger partial charge is 0.298 e. The molecule has 1 atom stereocenters. The summed E-state index contributed by atoms with van der Waals surface area (Å²) in [6, 6.07) is 16.8. The minimum absolute atomic E-state index is 0.116. The zero-order chi connectivity index (χ0) is 23.7.